The summed E-state index contributed by atoms with van der Waals surface area (Å²) in [6.07, 6.45) is 8.66. The molecular formula is C13H19N5. The van der Waals surface area contributed by atoms with Crippen LogP contribution in [0.2, 0.25) is 0 Å². The normalized spacial score (nSPS) is 41.8. The van der Waals surface area contributed by atoms with Crippen LogP contribution in [0.3, 0.4) is 0 Å². The molecule has 0 aromatic rings. The molecule has 4 aliphatic heterocycles. The zero-order valence-corrected chi connectivity index (χ0v) is 10.5. The number of nitrogens with one attached hydrogen (secondary N) is 1. The molecule has 0 saturated carbocycles. The lowest BCUT2D eigenvalue weighted by atomic mass is 9.97. The summed E-state index contributed by atoms with van der Waals surface area (Å²) in [5.41, 5.74) is 0. The van der Waals surface area contributed by atoms with Crippen LogP contribution in [0.4, 0.5) is 0 Å². The number of nitrogens with zero attached hydrogens (tertiary/aromatic N) is 4. The lowest BCUT2D eigenvalue weighted by Crippen LogP contribution is -2.51. The smallest absolute Gasteiger partial charge is 0.151 e. The van der Waals surface area contributed by atoms with Gasteiger partial charge in [0.25, 0.3) is 0 Å². The highest BCUT2D eigenvalue weighted by Crippen LogP contribution is 2.31. The first-order chi connectivity index (χ1) is 8.93. The predicted molar refractivity (Wildman–Crippen MR) is 72.4 cm³/mol. The molecule has 4 atom stereocenters. The zero-order valence-electron chi connectivity index (χ0n) is 10.5. The fourth-order valence-corrected chi connectivity index (χ4v) is 3.76. The number of hydrogen-bond donors (Lipinski definition) is 1. The largest absolute Gasteiger partial charge is 0.355 e. The Kier molecular flexibility index (Phi) is 2.46. The van der Waals surface area contributed by atoms with Crippen LogP contribution in [0.15, 0.2) is 15.0 Å². The highest BCUT2D eigenvalue weighted by atomic mass is 15.3. The molecule has 96 valence electrons. The van der Waals surface area contributed by atoms with Gasteiger partial charge < -0.3 is 10.2 Å². The van der Waals surface area contributed by atoms with Crippen molar-refractivity contribution in [3.05, 3.63) is 0 Å². The van der Waals surface area contributed by atoms with Gasteiger partial charge in [-0.05, 0) is 32.2 Å². The highest BCUT2D eigenvalue weighted by molar-refractivity contribution is 5.95. The average Bonchev–Trinajstić information content (AvgIpc) is 3.05. The van der Waals surface area contributed by atoms with Crippen molar-refractivity contribution in [2.45, 2.75) is 43.9 Å². The Hall–Kier alpha value is -1.23. The molecule has 0 aromatic heterocycles. The van der Waals surface area contributed by atoms with E-state index >= 15 is 0 Å². The Balaban J connectivity index is 1.59. The Morgan fingerprint density at radius 3 is 3.28 bits per heavy atom. The van der Waals surface area contributed by atoms with Crippen LogP contribution >= 0.6 is 0 Å². The Bertz CT molecular complexity index is 427. The Morgan fingerprint density at radius 2 is 2.28 bits per heavy atom. The lowest BCUT2D eigenvalue weighted by Gasteiger charge is -2.37. The standard InChI is InChI=1S/C13H19N5/c1-2-11-10(14-5-1)4-7-18(11)13-9-3-6-15-12(9)16-8-17-13/h6,8-12,14H,1-5,7H2. The molecule has 4 rings (SSSR count). The molecule has 0 aliphatic carbocycles. The van der Waals surface area contributed by atoms with E-state index in [1.54, 1.807) is 6.34 Å². The van der Waals surface area contributed by atoms with Gasteiger partial charge >= 0.3 is 0 Å². The topological polar surface area (TPSA) is 52.4 Å². The summed E-state index contributed by atoms with van der Waals surface area (Å²) in [5.74, 6) is 1.64. The molecule has 1 N–H and O–H groups in total. The first-order valence-corrected chi connectivity index (χ1v) is 7.04. The van der Waals surface area contributed by atoms with Crippen molar-refractivity contribution in [2.75, 3.05) is 13.1 Å². The van der Waals surface area contributed by atoms with Gasteiger partial charge in [0.1, 0.15) is 12.2 Å². The van der Waals surface area contributed by atoms with Crippen molar-refractivity contribution in [3.63, 3.8) is 0 Å². The van der Waals surface area contributed by atoms with Gasteiger partial charge in [0.15, 0.2) is 6.17 Å². The van der Waals surface area contributed by atoms with Crippen molar-refractivity contribution in [1.29, 1.82) is 0 Å². The summed E-state index contributed by atoms with van der Waals surface area (Å²) in [7, 11) is 0. The molecule has 2 saturated heterocycles. The maximum absolute atomic E-state index is 4.59. The summed E-state index contributed by atoms with van der Waals surface area (Å²) in [4.78, 5) is 15.9. The minimum Gasteiger partial charge on any atom is -0.355 e. The monoisotopic (exact) mass is 245 g/mol. The van der Waals surface area contributed by atoms with Gasteiger partial charge in [-0.2, -0.15) is 0 Å². The summed E-state index contributed by atoms with van der Waals surface area (Å²) in [6, 6.07) is 1.31. The van der Waals surface area contributed by atoms with Crippen LogP contribution in [0.1, 0.15) is 25.7 Å². The first kappa shape index (κ1) is 10.7. The molecule has 18 heavy (non-hydrogen) atoms. The first-order valence-electron chi connectivity index (χ1n) is 7.04. The van der Waals surface area contributed by atoms with E-state index in [2.05, 4.69) is 25.2 Å². The molecule has 4 aliphatic rings. The van der Waals surface area contributed by atoms with E-state index in [1.165, 1.54) is 31.6 Å². The molecule has 4 heterocycles. The van der Waals surface area contributed by atoms with Gasteiger partial charge in [-0.3, -0.25) is 4.99 Å². The van der Waals surface area contributed by atoms with E-state index in [-0.39, 0.29) is 6.17 Å². The number of hydrogen-bond acceptors (Lipinski definition) is 5. The van der Waals surface area contributed by atoms with Crippen molar-refractivity contribution < 1.29 is 0 Å². The van der Waals surface area contributed by atoms with Crippen molar-refractivity contribution in [2.24, 2.45) is 20.9 Å². The number of aliphatic imine (C=N–C) groups is 3. The fraction of sp³-hybridized carbons (Fsp3) is 0.769. The van der Waals surface area contributed by atoms with E-state index in [4.69, 9.17) is 0 Å². The molecule has 0 bridgehead atoms. The summed E-state index contributed by atoms with van der Waals surface area (Å²) >= 11 is 0. The second-order valence-corrected chi connectivity index (χ2v) is 5.59. The number of rotatable bonds is 0. The minimum absolute atomic E-state index is 0.105. The maximum Gasteiger partial charge on any atom is 0.151 e. The van der Waals surface area contributed by atoms with Crippen LogP contribution in [-0.2, 0) is 0 Å². The van der Waals surface area contributed by atoms with Crippen LogP contribution in [-0.4, -0.2) is 54.6 Å². The highest BCUT2D eigenvalue weighted by Gasteiger charge is 2.42. The lowest BCUT2D eigenvalue weighted by molar-refractivity contribution is 0.272. The van der Waals surface area contributed by atoms with Crippen LogP contribution in [0.25, 0.3) is 0 Å². The van der Waals surface area contributed by atoms with Gasteiger partial charge in [-0.15, -0.1) is 0 Å². The quantitative estimate of drug-likeness (QED) is 0.682. The summed E-state index contributed by atoms with van der Waals surface area (Å²) in [5, 5.41) is 3.65. The molecule has 0 spiro atoms. The molecule has 0 radical (unpaired) electrons. The molecule has 0 aromatic carbocycles. The second kappa shape index (κ2) is 4.16. The van der Waals surface area contributed by atoms with Crippen molar-refractivity contribution in [3.8, 4) is 0 Å². The van der Waals surface area contributed by atoms with Gasteiger partial charge in [0.05, 0.1) is 5.92 Å². The fourth-order valence-electron chi connectivity index (χ4n) is 3.76. The third-order valence-electron chi connectivity index (χ3n) is 4.64. The number of piperidine rings is 1. The second-order valence-electron chi connectivity index (χ2n) is 5.59. The van der Waals surface area contributed by atoms with E-state index in [9.17, 15) is 0 Å². The number of fused-ring (bicyclic) bond motifs is 2. The predicted octanol–water partition coefficient (Wildman–Crippen LogP) is 0.670. The van der Waals surface area contributed by atoms with Crippen molar-refractivity contribution >= 4 is 18.4 Å². The van der Waals surface area contributed by atoms with Crippen LogP contribution in [0, 0.1) is 5.92 Å². The van der Waals surface area contributed by atoms with E-state index < -0.39 is 0 Å². The molecule has 4 unspecified atom stereocenters. The molecule has 2 fully saturated rings. The Morgan fingerprint density at radius 1 is 1.28 bits per heavy atom. The van der Waals surface area contributed by atoms with Crippen molar-refractivity contribution in [1.82, 2.24) is 10.2 Å². The summed E-state index contributed by atoms with van der Waals surface area (Å²) in [6.45, 7) is 2.32. The molecular weight excluding hydrogens is 226 g/mol. The van der Waals surface area contributed by atoms with Gasteiger partial charge in [-0.1, -0.05) is 0 Å². The third kappa shape index (κ3) is 1.53. The molecule has 0 amide bonds. The zero-order chi connectivity index (χ0) is 11.9. The van der Waals surface area contributed by atoms with Gasteiger partial charge in [0, 0.05) is 24.8 Å². The van der Waals surface area contributed by atoms with E-state index in [1.807, 2.05) is 6.21 Å². The third-order valence-corrected chi connectivity index (χ3v) is 4.64. The van der Waals surface area contributed by atoms with Gasteiger partial charge in [-0.25, -0.2) is 9.98 Å². The molecule has 5 heteroatoms. The van der Waals surface area contributed by atoms with E-state index in [0.717, 1.165) is 13.0 Å². The SMILES string of the molecule is C1=NC2N=CN=C(N3CCC4NCCCC43)C2C1. The van der Waals surface area contributed by atoms with E-state index in [0.29, 0.717) is 18.0 Å². The number of likely N-dealkylation sites (tertiary alicyclic amines) is 1. The van der Waals surface area contributed by atoms with Gasteiger partial charge in [0.2, 0.25) is 0 Å². The van der Waals surface area contributed by atoms with Crippen LogP contribution < -0.4 is 5.32 Å². The van der Waals surface area contributed by atoms with Crippen LogP contribution in [0.5, 0.6) is 0 Å². The minimum atomic E-state index is 0.105. The Labute approximate surface area is 107 Å². The number of amidine groups is 1. The molecule has 5 nitrogen and oxygen atoms in total. The average molecular weight is 245 g/mol. The maximum atomic E-state index is 4.59. The summed E-state index contributed by atoms with van der Waals surface area (Å²) < 4.78 is 0.